The first kappa shape index (κ1) is 26.2. The number of nitrogens with zero attached hydrogens (tertiary/aromatic N) is 2. The van der Waals surface area contributed by atoms with E-state index in [4.69, 9.17) is 0 Å². The molecule has 190 valence electrons. The molecule has 0 aliphatic carbocycles. The minimum absolute atomic E-state index is 0.0635. The van der Waals surface area contributed by atoms with Crippen molar-refractivity contribution in [1.29, 1.82) is 0 Å². The van der Waals surface area contributed by atoms with E-state index in [9.17, 15) is 32.3 Å². The summed E-state index contributed by atoms with van der Waals surface area (Å²) in [7, 11) is 1.40. The molecular weight excluding hydrogens is 465 g/mol. The predicted octanol–water partition coefficient (Wildman–Crippen LogP) is 2.25. The van der Waals surface area contributed by atoms with Crippen molar-refractivity contribution < 1.29 is 32.3 Å². The Morgan fingerprint density at radius 3 is 2.54 bits per heavy atom. The zero-order valence-corrected chi connectivity index (χ0v) is 19.9. The summed E-state index contributed by atoms with van der Waals surface area (Å²) in [5.74, 6) is -1.96. The van der Waals surface area contributed by atoms with Gasteiger partial charge in [-0.3, -0.25) is 19.2 Å². The van der Waals surface area contributed by atoms with Gasteiger partial charge in [-0.15, -0.1) is 0 Å². The molecule has 0 aromatic heterocycles. The number of anilines is 1. The minimum Gasteiger partial charge on any atom is -0.358 e. The highest BCUT2D eigenvalue weighted by Crippen LogP contribution is 2.39. The lowest BCUT2D eigenvalue weighted by Gasteiger charge is -2.43. The first-order valence-electron chi connectivity index (χ1n) is 11.4. The summed E-state index contributed by atoms with van der Waals surface area (Å²) in [6, 6.07) is 3.34. The van der Waals surface area contributed by atoms with Crippen LogP contribution < -0.4 is 15.5 Å². The molecule has 0 radical (unpaired) electrons. The van der Waals surface area contributed by atoms with Crippen molar-refractivity contribution in [1.82, 2.24) is 15.5 Å². The zero-order chi connectivity index (χ0) is 26.0. The molecule has 3 rings (SSSR count). The van der Waals surface area contributed by atoms with E-state index in [-0.39, 0.29) is 23.7 Å². The fourth-order valence-corrected chi connectivity index (χ4v) is 4.42. The Bertz CT molecular complexity index is 1060. The van der Waals surface area contributed by atoms with Gasteiger partial charge in [0.1, 0.15) is 5.57 Å². The van der Waals surface area contributed by atoms with Crippen LogP contribution in [0.25, 0.3) is 0 Å². The number of nitrogens with one attached hydrogen (secondary N) is 2. The number of hydrogen-bond acceptors (Lipinski definition) is 4. The monoisotopic (exact) mass is 494 g/mol. The van der Waals surface area contributed by atoms with Gasteiger partial charge in [-0.2, -0.15) is 13.2 Å². The van der Waals surface area contributed by atoms with E-state index in [1.165, 1.54) is 32.2 Å². The zero-order valence-electron chi connectivity index (χ0n) is 19.9. The topological polar surface area (TPSA) is 98.8 Å². The molecule has 2 N–H and O–H groups in total. The van der Waals surface area contributed by atoms with Gasteiger partial charge in [-0.05, 0) is 51.0 Å². The summed E-state index contributed by atoms with van der Waals surface area (Å²) in [6.07, 6.45) is -1.57. The molecule has 2 aliphatic heterocycles. The highest BCUT2D eigenvalue weighted by Gasteiger charge is 2.48. The Morgan fingerprint density at radius 2 is 1.94 bits per heavy atom. The third-order valence-corrected chi connectivity index (χ3v) is 6.62. The molecule has 1 aromatic carbocycles. The smallest absolute Gasteiger partial charge is 0.358 e. The molecular formula is C24H29F3N4O4. The van der Waals surface area contributed by atoms with E-state index in [0.29, 0.717) is 25.9 Å². The molecule has 4 amide bonds. The summed E-state index contributed by atoms with van der Waals surface area (Å²) in [4.78, 5) is 53.6. The van der Waals surface area contributed by atoms with Crippen LogP contribution in [0.5, 0.6) is 0 Å². The second kappa shape index (κ2) is 10.1. The van der Waals surface area contributed by atoms with Crippen molar-refractivity contribution in [3.63, 3.8) is 0 Å². The quantitative estimate of drug-likeness (QED) is 0.449. The maximum atomic E-state index is 13.4. The SMILES string of the molecule is CNC(=O)C1(C)C=C(C(=O)NCCCN2CCCC2=O)C(=O)N(c2cccc(C(F)(F)F)c2)C1C. The average molecular weight is 495 g/mol. The number of carbonyl (C=O) groups excluding carboxylic acids is 4. The molecule has 2 atom stereocenters. The number of benzene rings is 1. The molecule has 0 saturated carbocycles. The van der Waals surface area contributed by atoms with Gasteiger partial charge in [0.2, 0.25) is 11.8 Å². The molecule has 1 fully saturated rings. The van der Waals surface area contributed by atoms with E-state index in [0.717, 1.165) is 23.5 Å². The lowest BCUT2D eigenvalue weighted by molar-refractivity contribution is -0.138. The number of likely N-dealkylation sites (tertiary alicyclic amines) is 1. The minimum atomic E-state index is -4.63. The molecule has 0 spiro atoms. The van der Waals surface area contributed by atoms with Crippen LogP contribution in [0.3, 0.4) is 0 Å². The molecule has 11 heteroatoms. The van der Waals surface area contributed by atoms with E-state index in [1.807, 2.05) is 0 Å². The van der Waals surface area contributed by atoms with Gasteiger partial charge in [-0.25, -0.2) is 0 Å². The number of halogens is 3. The van der Waals surface area contributed by atoms with Gasteiger partial charge in [0, 0.05) is 38.8 Å². The van der Waals surface area contributed by atoms with Crippen LogP contribution >= 0.6 is 0 Å². The molecule has 0 bridgehead atoms. The van der Waals surface area contributed by atoms with Gasteiger partial charge >= 0.3 is 6.18 Å². The van der Waals surface area contributed by atoms with Crippen molar-refractivity contribution >= 4 is 29.3 Å². The van der Waals surface area contributed by atoms with Gasteiger partial charge in [0.25, 0.3) is 11.8 Å². The fourth-order valence-electron chi connectivity index (χ4n) is 4.42. The first-order valence-corrected chi connectivity index (χ1v) is 11.4. The van der Waals surface area contributed by atoms with E-state index < -0.39 is 40.9 Å². The van der Waals surface area contributed by atoms with E-state index in [2.05, 4.69) is 10.6 Å². The van der Waals surface area contributed by atoms with Crippen LogP contribution in [0, 0.1) is 5.41 Å². The van der Waals surface area contributed by atoms with Gasteiger partial charge in [-0.1, -0.05) is 6.07 Å². The normalized spacial score (nSPS) is 22.8. The van der Waals surface area contributed by atoms with Crippen LogP contribution in [0.4, 0.5) is 18.9 Å². The second-order valence-corrected chi connectivity index (χ2v) is 8.91. The number of alkyl halides is 3. The molecule has 2 heterocycles. The summed E-state index contributed by atoms with van der Waals surface area (Å²) in [5.41, 5.74) is -2.73. The van der Waals surface area contributed by atoms with Crippen LogP contribution in [0.2, 0.25) is 0 Å². The van der Waals surface area contributed by atoms with Gasteiger partial charge in [0.05, 0.1) is 17.0 Å². The molecule has 8 nitrogen and oxygen atoms in total. The number of carbonyl (C=O) groups is 4. The Kier molecular flexibility index (Phi) is 7.56. The fraction of sp³-hybridized carbons (Fsp3) is 0.500. The first-order chi connectivity index (χ1) is 16.4. The summed E-state index contributed by atoms with van der Waals surface area (Å²) >= 11 is 0. The Hall–Kier alpha value is -3.37. The van der Waals surface area contributed by atoms with Crippen LogP contribution in [0.15, 0.2) is 35.9 Å². The molecule has 2 aliphatic rings. The van der Waals surface area contributed by atoms with Crippen molar-refractivity contribution in [2.45, 2.75) is 45.3 Å². The highest BCUT2D eigenvalue weighted by atomic mass is 19.4. The highest BCUT2D eigenvalue weighted by molar-refractivity contribution is 6.25. The van der Waals surface area contributed by atoms with E-state index in [1.54, 1.807) is 11.8 Å². The molecule has 1 aromatic rings. The predicted molar refractivity (Wildman–Crippen MR) is 122 cm³/mol. The maximum absolute atomic E-state index is 13.4. The number of rotatable bonds is 7. The largest absolute Gasteiger partial charge is 0.416 e. The van der Waals surface area contributed by atoms with Crippen LogP contribution in [-0.4, -0.2) is 61.3 Å². The third kappa shape index (κ3) is 5.33. The molecule has 2 unspecified atom stereocenters. The van der Waals surface area contributed by atoms with Crippen molar-refractivity contribution in [3.8, 4) is 0 Å². The summed E-state index contributed by atoms with van der Waals surface area (Å²) < 4.78 is 39.9. The van der Waals surface area contributed by atoms with Crippen molar-refractivity contribution in [3.05, 3.63) is 41.5 Å². The average Bonchev–Trinajstić information content (AvgIpc) is 3.22. The van der Waals surface area contributed by atoms with Gasteiger partial charge in [0.15, 0.2) is 0 Å². The lowest BCUT2D eigenvalue weighted by Crippen LogP contribution is -2.58. The lowest BCUT2D eigenvalue weighted by atomic mass is 9.76. The maximum Gasteiger partial charge on any atom is 0.416 e. The standard InChI is InChI=1S/C24H29F3N4O4/c1-15-23(2,22(35)28-3)14-18(20(33)29-10-6-12-30-11-5-9-19(30)32)21(34)31(15)17-8-4-7-16(13-17)24(25,26)27/h4,7-8,13-15H,5-6,9-12H2,1-3H3,(H,28,35)(H,29,33). The van der Waals surface area contributed by atoms with Crippen LogP contribution in [0.1, 0.15) is 38.7 Å². The second-order valence-electron chi connectivity index (χ2n) is 8.91. The Labute approximate surface area is 201 Å². The third-order valence-electron chi connectivity index (χ3n) is 6.62. The van der Waals surface area contributed by atoms with Crippen molar-refractivity contribution in [2.24, 2.45) is 5.41 Å². The van der Waals surface area contributed by atoms with Gasteiger partial charge < -0.3 is 20.4 Å². The Balaban J connectivity index is 1.86. The summed E-state index contributed by atoms with van der Waals surface area (Å²) in [5, 5.41) is 5.14. The van der Waals surface area contributed by atoms with Crippen molar-refractivity contribution in [2.75, 3.05) is 31.6 Å². The molecule has 1 saturated heterocycles. The van der Waals surface area contributed by atoms with Crippen LogP contribution in [-0.2, 0) is 25.4 Å². The van der Waals surface area contributed by atoms with E-state index >= 15 is 0 Å². The summed E-state index contributed by atoms with van der Waals surface area (Å²) in [6.45, 7) is 4.39. The Morgan fingerprint density at radius 1 is 1.23 bits per heavy atom. The molecule has 35 heavy (non-hydrogen) atoms. The number of hydrogen-bond donors (Lipinski definition) is 2. The number of amides is 4.